The third-order valence-electron chi connectivity index (χ3n) is 5.51. The van der Waals surface area contributed by atoms with E-state index in [1.807, 2.05) is 19.1 Å². The molecule has 1 saturated carbocycles. The van der Waals surface area contributed by atoms with Crippen LogP contribution in [0.15, 0.2) is 24.4 Å². The number of fused-ring (bicyclic) bond motifs is 1. The van der Waals surface area contributed by atoms with Crippen LogP contribution < -0.4 is 10.6 Å². The molecule has 164 valence electrons. The van der Waals surface area contributed by atoms with Crippen LogP contribution in [0.1, 0.15) is 30.7 Å². The van der Waals surface area contributed by atoms with Crippen LogP contribution >= 0.6 is 11.3 Å². The average molecular weight is 447 g/mol. The van der Waals surface area contributed by atoms with E-state index in [2.05, 4.69) is 30.8 Å². The molecule has 1 aliphatic carbocycles. The summed E-state index contributed by atoms with van der Waals surface area (Å²) in [7, 11) is 0. The van der Waals surface area contributed by atoms with Gasteiger partial charge in [-0.15, -0.1) is 10.2 Å². The molecular formula is C21H24F2N6OS. The Morgan fingerprint density at radius 2 is 1.97 bits per heavy atom. The van der Waals surface area contributed by atoms with E-state index in [4.69, 9.17) is 0 Å². The van der Waals surface area contributed by atoms with E-state index in [-0.39, 0.29) is 17.9 Å². The molecule has 2 N–H and O–H groups in total. The Labute approximate surface area is 182 Å². The molecule has 4 rings (SSSR count). The van der Waals surface area contributed by atoms with Crippen LogP contribution in [0.3, 0.4) is 0 Å². The minimum absolute atomic E-state index is 0.0472. The maximum absolute atomic E-state index is 12.7. The molecule has 3 heterocycles. The Bertz CT molecular complexity index is 1050. The number of nitrogens with zero attached hydrogens (tertiary/aromatic N) is 4. The van der Waals surface area contributed by atoms with Crippen molar-refractivity contribution in [3.05, 3.63) is 29.4 Å². The number of carbonyl (C=O) groups excluding carboxylic acids is 1. The lowest BCUT2D eigenvalue weighted by Gasteiger charge is -2.30. The van der Waals surface area contributed by atoms with E-state index in [1.54, 1.807) is 12.3 Å². The number of hydrogen-bond donors (Lipinski definition) is 2. The number of nitrogens with one attached hydrogen (secondary N) is 2. The van der Waals surface area contributed by atoms with E-state index in [0.717, 1.165) is 21.1 Å². The number of aryl methyl sites for hydroxylation is 1. The molecule has 0 radical (unpaired) electrons. The molecule has 10 heteroatoms. The van der Waals surface area contributed by atoms with Crippen molar-refractivity contribution < 1.29 is 13.6 Å². The highest BCUT2D eigenvalue weighted by Gasteiger charge is 2.27. The van der Waals surface area contributed by atoms with Crippen LogP contribution in [0, 0.1) is 12.8 Å². The van der Waals surface area contributed by atoms with Crippen LogP contribution in [0.4, 0.5) is 14.6 Å². The second-order valence-electron chi connectivity index (χ2n) is 7.79. The molecule has 1 aliphatic rings. The van der Waals surface area contributed by atoms with Crippen LogP contribution in [0.2, 0.25) is 0 Å². The monoisotopic (exact) mass is 446 g/mol. The van der Waals surface area contributed by atoms with Gasteiger partial charge in [-0.3, -0.25) is 4.79 Å². The van der Waals surface area contributed by atoms with E-state index in [0.29, 0.717) is 37.0 Å². The van der Waals surface area contributed by atoms with Gasteiger partial charge in [0.1, 0.15) is 29.9 Å². The normalized spacial score (nSPS) is 19.1. The molecule has 3 aromatic heterocycles. The number of hydrogen-bond acceptors (Lipinski definition) is 7. The lowest BCUT2D eigenvalue weighted by Crippen LogP contribution is -2.44. The molecule has 1 fully saturated rings. The van der Waals surface area contributed by atoms with Gasteiger partial charge in [0, 0.05) is 29.6 Å². The quantitative estimate of drug-likeness (QED) is 0.573. The zero-order chi connectivity index (χ0) is 21.8. The third kappa shape index (κ3) is 5.19. The number of amides is 1. The first-order valence-corrected chi connectivity index (χ1v) is 11.1. The van der Waals surface area contributed by atoms with Crippen molar-refractivity contribution in [3.8, 4) is 10.7 Å². The van der Waals surface area contributed by atoms with Crippen LogP contribution in [-0.4, -0.2) is 51.5 Å². The molecular weight excluding hydrogens is 422 g/mol. The Morgan fingerprint density at radius 1 is 1.19 bits per heavy atom. The van der Waals surface area contributed by atoms with Gasteiger partial charge in [0.15, 0.2) is 5.01 Å². The Hall–Kier alpha value is -2.59. The van der Waals surface area contributed by atoms with E-state index < -0.39 is 19.4 Å². The maximum atomic E-state index is 12.7. The fraction of sp³-hybridized carbons (Fsp3) is 0.476. The van der Waals surface area contributed by atoms with Gasteiger partial charge < -0.3 is 10.6 Å². The summed E-state index contributed by atoms with van der Waals surface area (Å²) in [4.78, 5) is 21.7. The highest BCUT2D eigenvalue weighted by atomic mass is 32.1. The number of pyridine rings is 2. The molecule has 0 saturated heterocycles. The largest absolute Gasteiger partial charge is 0.310 e. The number of aromatic nitrogens is 4. The number of halogens is 2. The van der Waals surface area contributed by atoms with Gasteiger partial charge in [0.25, 0.3) is 0 Å². The number of rotatable bonds is 7. The molecule has 3 aromatic rings. The third-order valence-corrected chi connectivity index (χ3v) is 6.37. The number of anilines is 1. The fourth-order valence-corrected chi connectivity index (χ4v) is 4.48. The Morgan fingerprint density at radius 3 is 2.65 bits per heavy atom. The zero-order valence-electron chi connectivity index (χ0n) is 17.1. The minimum Gasteiger partial charge on any atom is -0.310 e. The summed E-state index contributed by atoms with van der Waals surface area (Å²) in [6.45, 7) is 0.446. The molecule has 0 aromatic carbocycles. The summed E-state index contributed by atoms with van der Waals surface area (Å²) in [5.74, 6) is 0.216. The maximum Gasteiger partial charge on any atom is 0.228 e. The first-order chi connectivity index (χ1) is 15.1. The van der Waals surface area contributed by atoms with Crippen molar-refractivity contribution in [2.24, 2.45) is 5.92 Å². The average Bonchev–Trinajstić information content (AvgIpc) is 3.23. The predicted octanol–water partition coefficient (Wildman–Crippen LogP) is 3.85. The molecule has 0 bridgehead atoms. The first-order valence-electron chi connectivity index (χ1n) is 10.3. The highest BCUT2D eigenvalue weighted by Crippen LogP contribution is 2.27. The summed E-state index contributed by atoms with van der Waals surface area (Å²) in [6, 6.07) is 4.85. The molecule has 0 spiro atoms. The molecule has 0 unspecified atom stereocenters. The van der Waals surface area contributed by atoms with Crippen molar-refractivity contribution in [2.75, 3.05) is 18.7 Å². The van der Waals surface area contributed by atoms with Crippen molar-refractivity contribution in [1.29, 1.82) is 0 Å². The van der Waals surface area contributed by atoms with Gasteiger partial charge in [-0.05, 0) is 44.7 Å². The van der Waals surface area contributed by atoms with Crippen molar-refractivity contribution in [1.82, 2.24) is 25.5 Å². The van der Waals surface area contributed by atoms with Gasteiger partial charge in [0.2, 0.25) is 5.91 Å². The van der Waals surface area contributed by atoms with Crippen LogP contribution in [-0.2, 0) is 4.79 Å². The zero-order valence-corrected chi connectivity index (χ0v) is 18.0. The Kier molecular flexibility index (Phi) is 6.77. The lowest BCUT2D eigenvalue weighted by atomic mass is 9.85. The summed E-state index contributed by atoms with van der Waals surface area (Å²) >= 11 is 1.47. The molecule has 7 nitrogen and oxygen atoms in total. The lowest BCUT2D eigenvalue weighted by molar-refractivity contribution is -0.120. The predicted molar refractivity (Wildman–Crippen MR) is 116 cm³/mol. The van der Waals surface area contributed by atoms with Crippen LogP contribution in [0.5, 0.6) is 0 Å². The van der Waals surface area contributed by atoms with Crippen molar-refractivity contribution in [3.63, 3.8) is 0 Å². The van der Waals surface area contributed by atoms with E-state index in [9.17, 15) is 13.6 Å². The molecule has 31 heavy (non-hydrogen) atoms. The van der Waals surface area contributed by atoms with E-state index in [1.165, 1.54) is 11.3 Å². The number of alkyl halides is 2. The summed E-state index contributed by atoms with van der Waals surface area (Å²) in [5.41, 5.74) is 1.44. The van der Waals surface area contributed by atoms with Crippen LogP contribution in [0.25, 0.3) is 21.6 Å². The summed E-state index contributed by atoms with van der Waals surface area (Å²) in [6.07, 6.45) is 4.45. The molecule has 0 atom stereocenters. The highest BCUT2D eigenvalue weighted by molar-refractivity contribution is 7.14. The van der Waals surface area contributed by atoms with Gasteiger partial charge in [-0.1, -0.05) is 11.3 Å². The standard InChI is InChI=1S/C21H24F2N6OS/c1-12-28-29-21(31-12)17-7-4-14-11-24-19(8-18(14)26-17)27-20(30)13-2-5-15(6-3-13)25-16(9-22)10-23/h4,7-8,11,13,15-16,25H,2-3,5-6,9-10H2,1H3,(H,24,27,30)/t13-,15-. The van der Waals surface area contributed by atoms with Crippen molar-refractivity contribution in [2.45, 2.75) is 44.7 Å². The van der Waals surface area contributed by atoms with E-state index >= 15 is 0 Å². The molecule has 1 amide bonds. The SMILES string of the molecule is Cc1nnc(-c2ccc3cnc(NC(=O)[C@H]4CC[C@H](NC(CF)CF)CC4)cc3n2)s1. The van der Waals surface area contributed by atoms with Gasteiger partial charge in [-0.2, -0.15) is 0 Å². The van der Waals surface area contributed by atoms with Gasteiger partial charge >= 0.3 is 0 Å². The Balaban J connectivity index is 1.39. The second-order valence-corrected chi connectivity index (χ2v) is 8.98. The first kappa shape index (κ1) is 21.6. The van der Waals surface area contributed by atoms with Gasteiger partial charge in [0.05, 0.1) is 11.6 Å². The van der Waals surface area contributed by atoms with Crippen molar-refractivity contribution >= 4 is 34.0 Å². The number of carbonyl (C=O) groups is 1. The summed E-state index contributed by atoms with van der Waals surface area (Å²) in [5, 5.41) is 16.5. The fourth-order valence-electron chi connectivity index (χ4n) is 3.82. The second kappa shape index (κ2) is 9.69. The van der Waals surface area contributed by atoms with Gasteiger partial charge in [-0.25, -0.2) is 18.7 Å². The smallest absolute Gasteiger partial charge is 0.228 e. The molecule has 0 aliphatic heterocycles. The minimum atomic E-state index is -0.751. The summed E-state index contributed by atoms with van der Waals surface area (Å²) < 4.78 is 25.4. The topological polar surface area (TPSA) is 92.7 Å².